The van der Waals surface area contributed by atoms with E-state index in [1.54, 1.807) is 34.8 Å². The number of rotatable bonds is 7. The van der Waals surface area contributed by atoms with Gasteiger partial charge in [0.05, 0.1) is 35.6 Å². The zero-order valence-electron chi connectivity index (χ0n) is 17.9. The van der Waals surface area contributed by atoms with E-state index in [2.05, 4.69) is 38.8 Å². The van der Waals surface area contributed by atoms with E-state index in [0.29, 0.717) is 23.0 Å². The fourth-order valence-corrected chi connectivity index (χ4v) is 4.68. The van der Waals surface area contributed by atoms with Crippen LogP contribution in [0.4, 0.5) is 0 Å². The van der Waals surface area contributed by atoms with Gasteiger partial charge < -0.3 is 0 Å². The lowest BCUT2D eigenvalue weighted by molar-refractivity contribution is 0.652. The molecule has 0 aliphatic carbocycles. The number of hydrogen-bond acceptors (Lipinski definition) is 6. The largest absolute Gasteiger partial charge is 0.226 e. The van der Waals surface area contributed by atoms with Crippen LogP contribution in [0, 0.1) is 11.3 Å². The third kappa shape index (κ3) is 4.71. The highest BCUT2D eigenvalue weighted by Crippen LogP contribution is 2.34. The van der Waals surface area contributed by atoms with Crippen molar-refractivity contribution in [2.45, 2.75) is 17.3 Å². The SMILES string of the molecule is N#Cc1ccc(Cn2nnnc2-c2cnn(-c3ccc(Cl)cc3)c2SCc2ccccc2)cc1. The normalized spacial score (nSPS) is 10.8. The maximum absolute atomic E-state index is 9.05. The van der Waals surface area contributed by atoms with Crippen LogP contribution in [0.2, 0.25) is 5.02 Å². The second-order valence-electron chi connectivity index (χ2n) is 7.49. The Labute approximate surface area is 205 Å². The summed E-state index contributed by atoms with van der Waals surface area (Å²) in [6, 6.07) is 27.4. The molecule has 0 fully saturated rings. The van der Waals surface area contributed by atoms with Crippen molar-refractivity contribution in [2.24, 2.45) is 0 Å². The summed E-state index contributed by atoms with van der Waals surface area (Å²) in [7, 11) is 0. The van der Waals surface area contributed by atoms with Crippen molar-refractivity contribution in [1.82, 2.24) is 30.0 Å². The van der Waals surface area contributed by atoms with Crippen LogP contribution in [0.15, 0.2) is 90.1 Å². The van der Waals surface area contributed by atoms with Crippen molar-refractivity contribution in [1.29, 1.82) is 5.26 Å². The minimum atomic E-state index is 0.475. The smallest absolute Gasteiger partial charge is 0.186 e. The van der Waals surface area contributed by atoms with Gasteiger partial charge in [-0.3, -0.25) is 0 Å². The first-order valence-electron chi connectivity index (χ1n) is 10.5. The van der Waals surface area contributed by atoms with E-state index >= 15 is 0 Å². The lowest BCUT2D eigenvalue weighted by Gasteiger charge is -2.10. The van der Waals surface area contributed by atoms with Gasteiger partial charge in [-0.2, -0.15) is 10.4 Å². The first-order chi connectivity index (χ1) is 16.7. The maximum atomic E-state index is 9.05. The fourth-order valence-electron chi connectivity index (χ4n) is 3.48. The molecule has 2 aromatic heterocycles. The van der Waals surface area contributed by atoms with Crippen LogP contribution in [-0.4, -0.2) is 30.0 Å². The molecule has 9 heteroatoms. The minimum Gasteiger partial charge on any atom is -0.226 e. The predicted octanol–water partition coefficient (Wildman–Crippen LogP) is 5.39. The molecule has 0 aliphatic rings. The summed E-state index contributed by atoms with van der Waals surface area (Å²) in [5.41, 5.74) is 4.56. The molecular formula is C25H18ClN7S. The topological polar surface area (TPSA) is 85.2 Å². The van der Waals surface area contributed by atoms with Gasteiger partial charge in [0.2, 0.25) is 0 Å². The Bertz CT molecular complexity index is 1440. The lowest BCUT2D eigenvalue weighted by atomic mass is 10.1. The van der Waals surface area contributed by atoms with Crippen molar-refractivity contribution < 1.29 is 0 Å². The van der Waals surface area contributed by atoms with Crippen molar-refractivity contribution in [3.63, 3.8) is 0 Å². The molecule has 0 saturated heterocycles. The summed E-state index contributed by atoms with van der Waals surface area (Å²) in [4.78, 5) is 0. The number of tetrazole rings is 1. The Hall–Kier alpha value is -3.93. The van der Waals surface area contributed by atoms with Crippen molar-refractivity contribution >= 4 is 23.4 Å². The summed E-state index contributed by atoms with van der Waals surface area (Å²) in [5.74, 6) is 1.39. The Morgan fingerprint density at radius 3 is 2.41 bits per heavy atom. The number of benzene rings is 3. The molecule has 0 N–H and O–H groups in total. The van der Waals surface area contributed by atoms with Gasteiger partial charge >= 0.3 is 0 Å². The van der Waals surface area contributed by atoms with Crippen LogP contribution in [-0.2, 0) is 12.3 Å². The molecule has 0 spiro atoms. The van der Waals surface area contributed by atoms with E-state index in [-0.39, 0.29) is 0 Å². The fraction of sp³-hybridized carbons (Fsp3) is 0.0800. The summed E-state index contributed by atoms with van der Waals surface area (Å²) in [6.07, 6.45) is 1.79. The molecule has 2 heterocycles. The van der Waals surface area contributed by atoms with E-state index in [0.717, 1.165) is 27.6 Å². The Balaban J connectivity index is 1.51. The Morgan fingerprint density at radius 2 is 1.68 bits per heavy atom. The second kappa shape index (κ2) is 9.91. The van der Waals surface area contributed by atoms with Crippen LogP contribution >= 0.6 is 23.4 Å². The molecule has 0 amide bonds. The molecule has 0 bridgehead atoms. The van der Waals surface area contributed by atoms with E-state index in [4.69, 9.17) is 16.9 Å². The molecule has 5 rings (SSSR count). The van der Waals surface area contributed by atoms with Crippen LogP contribution in [0.5, 0.6) is 0 Å². The molecule has 0 saturated carbocycles. The monoisotopic (exact) mass is 483 g/mol. The van der Waals surface area contributed by atoms with Gasteiger partial charge in [-0.05, 0) is 58.0 Å². The standard InChI is InChI=1S/C25H18ClN7S/c26-21-10-12-22(13-11-21)33-25(34-17-20-4-2-1-3-5-20)23(15-28-33)24-29-30-31-32(24)16-19-8-6-18(14-27)7-9-19/h1-13,15H,16-17H2. The van der Waals surface area contributed by atoms with Gasteiger partial charge in [-0.25, -0.2) is 9.36 Å². The van der Waals surface area contributed by atoms with E-state index in [1.807, 2.05) is 59.3 Å². The zero-order chi connectivity index (χ0) is 23.3. The average molecular weight is 484 g/mol. The quantitative estimate of drug-likeness (QED) is 0.288. The highest BCUT2D eigenvalue weighted by atomic mass is 35.5. The van der Waals surface area contributed by atoms with E-state index < -0.39 is 0 Å². The molecular weight excluding hydrogens is 466 g/mol. The molecule has 0 unspecified atom stereocenters. The highest BCUT2D eigenvalue weighted by molar-refractivity contribution is 7.98. The molecule has 0 radical (unpaired) electrons. The number of nitrogens with zero attached hydrogens (tertiary/aromatic N) is 7. The lowest BCUT2D eigenvalue weighted by Crippen LogP contribution is -2.05. The average Bonchev–Trinajstić information content (AvgIpc) is 3.51. The molecule has 34 heavy (non-hydrogen) atoms. The van der Waals surface area contributed by atoms with Gasteiger partial charge in [0.1, 0.15) is 5.03 Å². The second-order valence-corrected chi connectivity index (χ2v) is 8.90. The van der Waals surface area contributed by atoms with Gasteiger partial charge in [0.25, 0.3) is 0 Å². The highest BCUT2D eigenvalue weighted by Gasteiger charge is 2.20. The summed E-state index contributed by atoms with van der Waals surface area (Å²) < 4.78 is 3.64. The van der Waals surface area contributed by atoms with Crippen molar-refractivity contribution in [2.75, 3.05) is 0 Å². The summed E-state index contributed by atoms with van der Waals surface area (Å²) in [5, 5.41) is 27.8. The van der Waals surface area contributed by atoms with Crippen molar-refractivity contribution in [3.05, 3.63) is 107 Å². The van der Waals surface area contributed by atoms with Crippen LogP contribution in [0.25, 0.3) is 17.1 Å². The maximum Gasteiger partial charge on any atom is 0.186 e. The first kappa shape index (κ1) is 21.9. The van der Waals surface area contributed by atoms with Crippen molar-refractivity contribution in [3.8, 4) is 23.1 Å². The van der Waals surface area contributed by atoms with Crippen LogP contribution in [0.3, 0.4) is 0 Å². The molecule has 0 aliphatic heterocycles. The van der Waals surface area contributed by atoms with Gasteiger partial charge in [-0.1, -0.05) is 54.1 Å². The van der Waals surface area contributed by atoms with E-state index in [1.165, 1.54) is 5.56 Å². The number of aromatic nitrogens is 6. The first-order valence-corrected chi connectivity index (χ1v) is 11.8. The molecule has 7 nitrogen and oxygen atoms in total. The van der Waals surface area contributed by atoms with Crippen LogP contribution < -0.4 is 0 Å². The molecule has 166 valence electrons. The number of thioether (sulfide) groups is 1. The van der Waals surface area contributed by atoms with Crippen LogP contribution in [0.1, 0.15) is 16.7 Å². The predicted molar refractivity (Wildman–Crippen MR) is 132 cm³/mol. The Morgan fingerprint density at radius 1 is 0.912 bits per heavy atom. The Kier molecular flexibility index (Phi) is 6.38. The third-order valence-electron chi connectivity index (χ3n) is 5.20. The summed E-state index contributed by atoms with van der Waals surface area (Å²) >= 11 is 7.77. The van der Waals surface area contributed by atoms with E-state index in [9.17, 15) is 0 Å². The number of nitriles is 1. The molecule has 3 aromatic carbocycles. The van der Waals surface area contributed by atoms with Gasteiger partial charge in [-0.15, -0.1) is 16.9 Å². The summed E-state index contributed by atoms with van der Waals surface area (Å²) in [6.45, 7) is 0.475. The minimum absolute atomic E-state index is 0.475. The zero-order valence-corrected chi connectivity index (χ0v) is 19.5. The molecule has 5 aromatic rings. The van der Waals surface area contributed by atoms with Gasteiger partial charge in [0.15, 0.2) is 5.82 Å². The molecule has 0 atom stereocenters. The number of halogens is 1. The number of hydrogen-bond donors (Lipinski definition) is 0. The van der Waals surface area contributed by atoms with Gasteiger partial charge in [0, 0.05) is 10.8 Å². The third-order valence-corrected chi connectivity index (χ3v) is 6.60.